The first-order valence-electron chi connectivity index (χ1n) is 6.75. The Kier molecular flexibility index (Phi) is 2.59. The zero-order chi connectivity index (χ0) is 13.6. The van der Waals surface area contributed by atoms with Crippen molar-refractivity contribution in [2.75, 3.05) is 0 Å². The van der Waals surface area contributed by atoms with Crippen LogP contribution in [0.15, 0.2) is 0 Å². The van der Waals surface area contributed by atoms with Gasteiger partial charge in [-0.25, -0.2) is 0 Å². The highest BCUT2D eigenvalue weighted by Crippen LogP contribution is 2.98. The zero-order valence-corrected chi connectivity index (χ0v) is 19.4. The van der Waals surface area contributed by atoms with Gasteiger partial charge in [0, 0.05) is 10.8 Å². The second kappa shape index (κ2) is 3.45. The molecule has 0 spiro atoms. The van der Waals surface area contributed by atoms with Crippen LogP contribution in [0.3, 0.4) is 0 Å². The van der Waals surface area contributed by atoms with E-state index in [2.05, 4.69) is 95.6 Å². The van der Waals surface area contributed by atoms with Crippen molar-refractivity contribution in [1.29, 1.82) is 0 Å². The minimum atomic E-state index is 0.201. The van der Waals surface area contributed by atoms with E-state index in [1.165, 1.54) is 25.7 Å². The molecule has 0 heterocycles. The SMILES string of the molecule is BrC1(Br)[C@@H]2CC34C[C@@H]5[C@@H](CC3(C[C@H]21)C4(Br)Br)C5(Br)Br. The Hall–Kier alpha value is 2.88. The maximum atomic E-state index is 4.08. The quantitative estimate of drug-likeness (QED) is 0.263. The molecule has 5 aliphatic rings. The van der Waals surface area contributed by atoms with Crippen molar-refractivity contribution in [3.8, 4) is 0 Å². The molecule has 0 aliphatic heterocycles. The molecule has 0 nitrogen and oxygen atoms in total. The van der Waals surface area contributed by atoms with Crippen molar-refractivity contribution in [2.24, 2.45) is 34.5 Å². The van der Waals surface area contributed by atoms with E-state index in [9.17, 15) is 0 Å². The summed E-state index contributed by atoms with van der Waals surface area (Å²) >= 11 is 23.8. The van der Waals surface area contributed by atoms with Crippen LogP contribution in [-0.2, 0) is 0 Å². The summed E-state index contributed by atoms with van der Waals surface area (Å²) in [6.45, 7) is 0. The molecule has 5 aliphatic carbocycles. The van der Waals surface area contributed by atoms with Gasteiger partial charge in [0.1, 0.15) is 0 Å². The molecule has 106 valence electrons. The number of alkyl halides is 6. The van der Waals surface area contributed by atoms with Gasteiger partial charge in [0.15, 0.2) is 0 Å². The Morgan fingerprint density at radius 1 is 0.526 bits per heavy atom. The van der Waals surface area contributed by atoms with Crippen molar-refractivity contribution in [2.45, 2.75) is 35.4 Å². The van der Waals surface area contributed by atoms with Gasteiger partial charge < -0.3 is 0 Å². The molecule has 0 radical (unpaired) electrons. The van der Waals surface area contributed by atoms with Gasteiger partial charge in [-0.2, -0.15) is 0 Å². The molecule has 0 saturated heterocycles. The monoisotopic (exact) mass is 642 g/mol. The Bertz CT molecular complexity index is 437. The van der Waals surface area contributed by atoms with Crippen molar-refractivity contribution in [1.82, 2.24) is 0 Å². The second-order valence-corrected chi connectivity index (χ2v) is 18.2. The molecular weight excluding hydrogens is 636 g/mol. The standard InChI is InChI=1S/C13H12Br6/c14-11(15)5-1-9-2-7-8(12(7,16)17)4-10(9,3-6(5)11)13(9,18)19/h5-8H,1-4H2/t5-,6-,7-,8-,9?,10?/m1/s1. The van der Waals surface area contributed by atoms with E-state index in [-0.39, 0.29) is 9.70 Å². The van der Waals surface area contributed by atoms with Crippen LogP contribution >= 0.6 is 95.6 Å². The van der Waals surface area contributed by atoms with Gasteiger partial charge in [-0.15, -0.1) is 0 Å². The Morgan fingerprint density at radius 3 is 1.05 bits per heavy atom. The summed E-state index contributed by atoms with van der Waals surface area (Å²) in [5.41, 5.74) is 0.934. The van der Waals surface area contributed by atoms with Crippen LogP contribution in [0, 0.1) is 34.5 Å². The average Bonchev–Trinajstić information content (AvgIpc) is 3.14. The second-order valence-electron chi connectivity index (χ2n) is 7.33. The third kappa shape index (κ3) is 1.29. The molecule has 0 unspecified atom stereocenters. The maximum absolute atomic E-state index is 4.08. The lowest BCUT2D eigenvalue weighted by Crippen LogP contribution is -2.25. The Balaban J connectivity index is 1.57. The van der Waals surface area contributed by atoms with E-state index in [1.54, 1.807) is 0 Å². The summed E-state index contributed by atoms with van der Waals surface area (Å²) in [5.74, 6) is 3.25. The Morgan fingerprint density at radius 2 is 0.789 bits per heavy atom. The first-order valence-corrected chi connectivity index (χ1v) is 11.5. The average molecular weight is 648 g/mol. The molecule has 0 amide bonds. The van der Waals surface area contributed by atoms with Crippen LogP contribution in [0.5, 0.6) is 0 Å². The van der Waals surface area contributed by atoms with E-state index in [0.717, 1.165) is 23.7 Å². The summed E-state index contributed by atoms with van der Waals surface area (Å²) in [6.07, 6.45) is 5.40. The minimum Gasteiger partial charge on any atom is -0.0721 e. The van der Waals surface area contributed by atoms with E-state index < -0.39 is 0 Å². The van der Waals surface area contributed by atoms with Gasteiger partial charge in [-0.3, -0.25) is 0 Å². The number of hydrogen-bond donors (Lipinski definition) is 0. The lowest BCUT2D eigenvalue weighted by molar-refractivity contribution is 0.157. The molecule has 5 fully saturated rings. The topological polar surface area (TPSA) is 0 Å². The van der Waals surface area contributed by atoms with Gasteiger partial charge in [0.05, 0.1) is 9.70 Å². The van der Waals surface area contributed by atoms with Gasteiger partial charge >= 0.3 is 0 Å². The number of fused-ring (bicyclic) bond motifs is 2. The summed E-state index contributed by atoms with van der Waals surface area (Å²) < 4.78 is 0.697. The molecule has 5 rings (SSSR count). The summed E-state index contributed by atoms with van der Waals surface area (Å²) in [4.78, 5) is 0. The molecule has 19 heavy (non-hydrogen) atoms. The van der Waals surface area contributed by atoms with Gasteiger partial charge in [0.2, 0.25) is 0 Å². The minimum absolute atomic E-state index is 0.201. The zero-order valence-electron chi connectivity index (χ0n) is 9.91. The molecule has 0 N–H and O–H groups in total. The fraction of sp³-hybridized carbons (Fsp3) is 1.00. The van der Waals surface area contributed by atoms with Crippen LogP contribution in [0.2, 0.25) is 0 Å². The third-order valence-electron chi connectivity index (χ3n) is 7.06. The van der Waals surface area contributed by atoms with Crippen molar-refractivity contribution in [3.63, 3.8) is 0 Å². The smallest absolute Gasteiger partial charge is 0.0721 e. The molecular formula is C13H12Br6. The maximum Gasteiger partial charge on any atom is 0.0929 e. The van der Waals surface area contributed by atoms with Crippen molar-refractivity contribution >= 4 is 95.6 Å². The van der Waals surface area contributed by atoms with Crippen LogP contribution < -0.4 is 0 Å². The number of hydrogen-bond acceptors (Lipinski definition) is 0. The highest BCUT2D eigenvalue weighted by atomic mass is 79.9. The first kappa shape index (κ1) is 14.2. The van der Waals surface area contributed by atoms with Crippen molar-refractivity contribution in [3.05, 3.63) is 0 Å². The van der Waals surface area contributed by atoms with Crippen LogP contribution in [0.25, 0.3) is 0 Å². The van der Waals surface area contributed by atoms with E-state index in [4.69, 9.17) is 0 Å². The van der Waals surface area contributed by atoms with E-state index in [0.29, 0.717) is 10.8 Å². The summed E-state index contributed by atoms with van der Waals surface area (Å²) in [5, 5.41) is 0. The van der Waals surface area contributed by atoms with Crippen LogP contribution in [0.4, 0.5) is 0 Å². The van der Waals surface area contributed by atoms with Crippen molar-refractivity contribution < 1.29 is 0 Å². The fourth-order valence-electron chi connectivity index (χ4n) is 5.74. The fourth-order valence-corrected chi connectivity index (χ4v) is 11.7. The van der Waals surface area contributed by atoms with E-state index in [1.807, 2.05) is 0 Å². The highest BCUT2D eigenvalue weighted by molar-refractivity contribution is 9.26. The predicted molar refractivity (Wildman–Crippen MR) is 99.0 cm³/mol. The third-order valence-corrected chi connectivity index (χ3v) is 14.8. The molecule has 5 saturated carbocycles. The molecule has 0 aromatic carbocycles. The highest BCUT2D eigenvalue weighted by Gasteiger charge is 2.94. The predicted octanol–water partition coefficient (Wildman–Crippen LogP) is 6.51. The normalized spacial score (nSPS) is 64.1. The first-order chi connectivity index (χ1) is 8.62. The molecule has 0 bridgehead atoms. The molecule has 6 heteroatoms. The lowest BCUT2D eigenvalue weighted by Gasteiger charge is -2.32. The molecule has 0 aromatic rings. The van der Waals surface area contributed by atoms with Crippen LogP contribution in [-0.4, -0.2) is 9.70 Å². The summed E-state index contributed by atoms with van der Waals surface area (Å²) in [7, 11) is 0. The Labute approximate surface area is 163 Å². The number of rotatable bonds is 0. The van der Waals surface area contributed by atoms with Gasteiger partial charge in [-0.05, 0) is 49.4 Å². The lowest BCUT2D eigenvalue weighted by atomic mass is 9.71. The van der Waals surface area contributed by atoms with E-state index >= 15 is 0 Å². The number of halogens is 6. The summed E-state index contributed by atoms with van der Waals surface area (Å²) in [6, 6.07) is 0. The van der Waals surface area contributed by atoms with Gasteiger partial charge in [0.25, 0.3) is 0 Å². The van der Waals surface area contributed by atoms with Gasteiger partial charge in [-0.1, -0.05) is 95.6 Å². The molecule has 0 aromatic heterocycles. The van der Waals surface area contributed by atoms with Crippen LogP contribution in [0.1, 0.15) is 25.7 Å². The largest absolute Gasteiger partial charge is 0.0929 e. The molecule has 4 atom stereocenters.